The fraction of sp³-hybridized carbons (Fsp3) is 0.600. The van der Waals surface area contributed by atoms with Gasteiger partial charge in [0.25, 0.3) is 5.67 Å². The van der Waals surface area contributed by atoms with E-state index in [1.807, 2.05) is 25.9 Å². The highest BCUT2D eigenvalue weighted by Gasteiger charge is 2.54. The van der Waals surface area contributed by atoms with Gasteiger partial charge in [0.15, 0.2) is 30.1 Å². The highest BCUT2D eigenvalue weighted by molar-refractivity contribution is 6.08. The Morgan fingerprint density at radius 3 is 2.33 bits per heavy atom. The number of alkyl halides is 1. The van der Waals surface area contributed by atoms with Gasteiger partial charge in [0.1, 0.15) is 12.4 Å². The third kappa shape index (κ3) is 9.93. The summed E-state index contributed by atoms with van der Waals surface area (Å²) in [5, 5.41) is 0. The van der Waals surface area contributed by atoms with Gasteiger partial charge in [-0.15, -0.1) is 0 Å². The Bertz CT molecular complexity index is 1700. The Balaban J connectivity index is 1.79. The highest BCUT2D eigenvalue weighted by atomic mass is 19.1. The number of carbonyl (C=O) groups excluding carboxylic acids is 5. The first-order chi connectivity index (χ1) is 25.8. The van der Waals surface area contributed by atoms with Crippen LogP contribution in [0.2, 0.25) is 0 Å². The van der Waals surface area contributed by atoms with Gasteiger partial charge in [-0.05, 0) is 84.8 Å². The van der Waals surface area contributed by atoms with Crippen LogP contribution in [0, 0.1) is 11.8 Å². The lowest BCUT2D eigenvalue weighted by Gasteiger charge is -2.47. The van der Waals surface area contributed by atoms with Crippen LogP contribution in [0.1, 0.15) is 78.1 Å². The summed E-state index contributed by atoms with van der Waals surface area (Å²) >= 11 is 0. The molecule has 2 aliphatic heterocycles. The van der Waals surface area contributed by atoms with Crippen LogP contribution in [0.5, 0.6) is 0 Å². The van der Waals surface area contributed by atoms with Crippen LogP contribution < -0.4 is 0 Å². The molecule has 0 radical (unpaired) electrons. The zero-order chi connectivity index (χ0) is 40.8. The lowest BCUT2D eigenvalue weighted by atomic mass is 9.76. The first-order valence-electron chi connectivity index (χ1n) is 18.5. The number of rotatable bonds is 8. The van der Waals surface area contributed by atoms with Gasteiger partial charge in [0, 0.05) is 31.3 Å². The van der Waals surface area contributed by atoms with Crippen LogP contribution >= 0.6 is 0 Å². The van der Waals surface area contributed by atoms with Crippen LogP contribution in [0.3, 0.4) is 0 Å². The van der Waals surface area contributed by atoms with Crippen LogP contribution in [0.25, 0.3) is 0 Å². The Morgan fingerprint density at radius 2 is 1.75 bits per heavy atom. The van der Waals surface area contributed by atoms with Crippen molar-refractivity contribution in [2.24, 2.45) is 11.8 Å². The second-order valence-corrected chi connectivity index (χ2v) is 15.0. The van der Waals surface area contributed by atoms with Gasteiger partial charge in [-0.2, -0.15) is 0 Å². The number of nitrogens with zero attached hydrogens (tertiary/aromatic N) is 3. The van der Waals surface area contributed by atoms with Gasteiger partial charge in [0.05, 0.1) is 29.4 Å². The van der Waals surface area contributed by atoms with E-state index >= 15 is 4.39 Å². The highest BCUT2D eigenvalue weighted by Crippen LogP contribution is 2.38. The number of likely N-dealkylation sites (N-methyl/N-ethyl adjacent to an activating group) is 1. The quantitative estimate of drug-likeness (QED) is 0.198. The first kappa shape index (κ1) is 43.4. The average Bonchev–Trinajstić information content (AvgIpc) is 3.70. The molecule has 4 rings (SSSR count). The summed E-state index contributed by atoms with van der Waals surface area (Å²) in [6.07, 6.45) is -1.88. The molecule has 15 heteroatoms. The number of methoxy groups -OCH3 is 1. The van der Waals surface area contributed by atoms with Crippen molar-refractivity contribution in [2.45, 2.75) is 122 Å². The second-order valence-electron chi connectivity index (χ2n) is 15.0. The van der Waals surface area contributed by atoms with Crippen molar-refractivity contribution >= 4 is 29.6 Å². The van der Waals surface area contributed by atoms with E-state index in [2.05, 4.69) is 4.98 Å². The average molecular weight is 772 g/mol. The molecule has 1 aromatic carbocycles. The third-order valence-corrected chi connectivity index (χ3v) is 10.5. The molecular formula is C40H54FN3O11. The minimum absolute atomic E-state index is 0.0295. The molecule has 302 valence electrons. The zero-order valence-corrected chi connectivity index (χ0v) is 33.2. The molecule has 0 spiro atoms. The van der Waals surface area contributed by atoms with Crippen molar-refractivity contribution in [3.63, 3.8) is 0 Å². The maximum absolute atomic E-state index is 16.8. The SMILES string of the molecule is CC[C@H]1OC(=O)[C@@](C)(F)C(=O)[C@H](C)[C@@H](OC2O[C@H](C)C[C@H](N(C)C)[C@H]2OC(=O)c2ccccc2)[C@](C)(OC)C[C@@H](C)C(=O)/C(C)=C\[C@@H]1OC(=O)n1ccnc1. The molecule has 0 N–H and O–H groups in total. The smallest absolute Gasteiger partial charge is 0.419 e. The van der Waals surface area contributed by atoms with Gasteiger partial charge >= 0.3 is 18.0 Å². The van der Waals surface area contributed by atoms with Crippen LogP contribution in [-0.2, 0) is 42.8 Å². The van der Waals surface area contributed by atoms with E-state index in [9.17, 15) is 24.0 Å². The minimum Gasteiger partial charge on any atom is -0.455 e. The number of ketones is 2. The van der Waals surface area contributed by atoms with E-state index in [1.54, 1.807) is 51.1 Å². The van der Waals surface area contributed by atoms with Gasteiger partial charge in [0.2, 0.25) is 0 Å². The zero-order valence-electron chi connectivity index (χ0n) is 33.2. The molecule has 1 aromatic heterocycles. The monoisotopic (exact) mass is 771 g/mol. The fourth-order valence-corrected chi connectivity index (χ4v) is 7.26. The number of Topliss-reactive ketones (excluding diaryl/α,β-unsaturated/α-hetero) is 2. The largest absolute Gasteiger partial charge is 0.455 e. The summed E-state index contributed by atoms with van der Waals surface area (Å²) in [6.45, 7) is 10.5. The lowest BCUT2D eigenvalue weighted by molar-refractivity contribution is -0.294. The molecule has 1 unspecified atom stereocenters. The Kier molecular flexibility index (Phi) is 14.3. The number of aromatic nitrogens is 2. The van der Waals surface area contributed by atoms with Gasteiger partial charge < -0.3 is 33.3 Å². The molecule has 2 aromatic rings. The number of cyclic esters (lactones) is 1. The number of ether oxygens (including phenoxy) is 6. The molecule has 0 saturated carbocycles. The molecule has 1 saturated heterocycles. The van der Waals surface area contributed by atoms with Crippen LogP contribution in [-0.4, -0.2) is 119 Å². The Morgan fingerprint density at radius 1 is 1.07 bits per heavy atom. The normalized spacial score (nSPS) is 34.9. The number of esters is 2. The van der Waals surface area contributed by atoms with Crippen LogP contribution in [0.4, 0.5) is 9.18 Å². The van der Waals surface area contributed by atoms with Crippen molar-refractivity contribution in [3.05, 3.63) is 66.3 Å². The van der Waals surface area contributed by atoms with Gasteiger partial charge in [-0.3, -0.25) is 9.59 Å². The number of carbonyl (C=O) groups is 5. The molecule has 11 atom stereocenters. The Hall–Kier alpha value is -4.31. The summed E-state index contributed by atoms with van der Waals surface area (Å²) in [7, 11) is 5.02. The molecule has 3 heterocycles. The Labute approximate surface area is 321 Å². The molecule has 1 fully saturated rings. The van der Waals surface area contributed by atoms with Crippen molar-refractivity contribution in [1.29, 1.82) is 0 Å². The number of hydrogen-bond donors (Lipinski definition) is 0. The van der Waals surface area contributed by atoms with Gasteiger partial charge in [-0.1, -0.05) is 39.0 Å². The van der Waals surface area contributed by atoms with E-state index in [-0.39, 0.29) is 24.2 Å². The standard InChI is InChI=1S/C40H54FN3O11/c1-11-29-30(53-38(49)44-18-17-42-22-44)19-23(2)31(45)24(3)21-39(6,50-10)34(26(5)33(46)40(7,41)37(48)52-29)55-36-32(28(43(8)9)20-25(4)51-36)54-35(47)27-15-13-12-14-16-27/h12-19,22,24-26,28-30,32,34,36H,11,20-21H2,1-10H3/b23-19-/t24-,25-,26+,28+,29-,30+,32-,34-,36?,39-,40+/m1/s1. The molecular weight excluding hydrogens is 717 g/mol. The summed E-state index contributed by atoms with van der Waals surface area (Å²) < 4.78 is 54.2. The number of benzene rings is 1. The third-order valence-electron chi connectivity index (χ3n) is 10.5. The summed E-state index contributed by atoms with van der Waals surface area (Å²) in [4.78, 5) is 74.1. The van der Waals surface area contributed by atoms with Gasteiger partial charge in [-0.25, -0.2) is 28.3 Å². The van der Waals surface area contributed by atoms with Crippen molar-refractivity contribution in [1.82, 2.24) is 14.5 Å². The van der Waals surface area contributed by atoms with E-state index in [0.29, 0.717) is 12.0 Å². The maximum atomic E-state index is 16.8. The topological polar surface area (TPSA) is 162 Å². The van der Waals surface area contributed by atoms with Crippen LogP contribution in [0.15, 0.2) is 60.7 Å². The van der Waals surface area contributed by atoms with E-state index < -0.39 is 89.8 Å². The molecule has 0 amide bonds. The van der Waals surface area contributed by atoms with E-state index in [0.717, 1.165) is 11.5 Å². The second kappa shape index (κ2) is 18.1. The number of halogens is 1. The number of hydrogen-bond acceptors (Lipinski definition) is 13. The predicted molar refractivity (Wildman–Crippen MR) is 197 cm³/mol. The van der Waals surface area contributed by atoms with E-state index in [4.69, 9.17) is 28.4 Å². The first-order valence-corrected chi connectivity index (χ1v) is 18.5. The summed E-state index contributed by atoms with van der Waals surface area (Å²) in [6, 6.07) is 7.99. The molecule has 0 bridgehead atoms. The molecule has 55 heavy (non-hydrogen) atoms. The predicted octanol–water partition coefficient (Wildman–Crippen LogP) is 5.13. The number of allylic oxidation sites excluding steroid dienone is 1. The maximum Gasteiger partial charge on any atom is 0.419 e. The summed E-state index contributed by atoms with van der Waals surface area (Å²) in [5.41, 5.74) is -4.25. The molecule has 2 aliphatic rings. The molecule has 14 nitrogen and oxygen atoms in total. The number of imidazole rings is 1. The summed E-state index contributed by atoms with van der Waals surface area (Å²) in [5.74, 6) is -5.91. The minimum atomic E-state index is -3.22. The molecule has 0 aliphatic carbocycles. The van der Waals surface area contributed by atoms with E-state index in [1.165, 1.54) is 45.8 Å². The van der Waals surface area contributed by atoms with Crippen molar-refractivity contribution < 1.29 is 56.8 Å². The van der Waals surface area contributed by atoms with Crippen molar-refractivity contribution in [2.75, 3.05) is 21.2 Å². The van der Waals surface area contributed by atoms with Crippen molar-refractivity contribution in [3.8, 4) is 0 Å². The lowest BCUT2D eigenvalue weighted by Crippen LogP contribution is -2.61. The fourth-order valence-electron chi connectivity index (χ4n) is 7.26.